The Bertz CT molecular complexity index is 580. The second-order valence-corrected chi connectivity index (χ2v) is 5.42. The molecule has 2 rings (SSSR count). The van der Waals surface area contributed by atoms with Crippen molar-refractivity contribution >= 4 is 0 Å². The maximum atomic E-state index is 12.9. The first-order valence-electron chi connectivity index (χ1n) is 7.20. The quantitative estimate of drug-likeness (QED) is 0.871. The zero-order chi connectivity index (χ0) is 15.2. The minimum Gasteiger partial charge on any atom is -0.496 e. The maximum absolute atomic E-state index is 12.9. The summed E-state index contributed by atoms with van der Waals surface area (Å²) in [5, 5.41) is 3.49. The van der Waals surface area contributed by atoms with E-state index in [1.54, 1.807) is 7.11 Å². The van der Waals surface area contributed by atoms with Crippen molar-refractivity contribution in [2.24, 2.45) is 0 Å². The first-order chi connectivity index (χ1) is 10.1. The normalized spacial score (nSPS) is 12.2. The standard InChI is InChI=1S/C18H22FNO/c1-13-10-16(6-9-18(13)21-3)12-20-14(2)11-15-4-7-17(19)8-5-15/h4-10,14,20H,11-12H2,1-3H3. The summed E-state index contributed by atoms with van der Waals surface area (Å²) in [4.78, 5) is 0. The molecule has 1 unspecified atom stereocenters. The lowest BCUT2D eigenvalue weighted by Crippen LogP contribution is -2.27. The molecule has 0 fully saturated rings. The molecule has 0 saturated heterocycles. The van der Waals surface area contributed by atoms with E-state index in [1.165, 1.54) is 17.7 Å². The molecule has 2 aromatic rings. The third-order valence-electron chi connectivity index (χ3n) is 3.57. The number of benzene rings is 2. The Morgan fingerprint density at radius 3 is 2.38 bits per heavy atom. The van der Waals surface area contributed by atoms with Gasteiger partial charge in [-0.2, -0.15) is 0 Å². The molecule has 0 spiro atoms. The largest absolute Gasteiger partial charge is 0.496 e. The van der Waals surface area contributed by atoms with Crippen LogP contribution >= 0.6 is 0 Å². The fourth-order valence-corrected chi connectivity index (χ4v) is 2.39. The van der Waals surface area contributed by atoms with Crippen LogP contribution in [-0.4, -0.2) is 13.2 Å². The molecule has 0 bridgehead atoms. The van der Waals surface area contributed by atoms with Gasteiger partial charge < -0.3 is 10.1 Å². The van der Waals surface area contributed by atoms with Crippen LogP contribution in [0.25, 0.3) is 0 Å². The minimum atomic E-state index is -0.187. The molecular weight excluding hydrogens is 265 g/mol. The molecule has 1 N–H and O–H groups in total. The third kappa shape index (κ3) is 4.57. The zero-order valence-electron chi connectivity index (χ0n) is 12.8. The maximum Gasteiger partial charge on any atom is 0.123 e. The van der Waals surface area contributed by atoms with Gasteiger partial charge >= 0.3 is 0 Å². The van der Waals surface area contributed by atoms with E-state index in [1.807, 2.05) is 25.1 Å². The summed E-state index contributed by atoms with van der Waals surface area (Å²) in [6, 6.07) is 13.2. The first kappa shape index (κ1) is 15.5. The molecule has 0 radical (unpaired) electrons. The fraction of sp³-hybridized carbons (Fsp3) is 0.333. The van der Waals surface area contributed by atoms with Crippen molar-refractivity contribution in [1.82, 2.24) is 5.32 Å². The van der Waals surface area contributed by atoms with Gasteiger partial charge in [-0.3, -0.25) is 0 Å². The van der Waals surface area contributed by atoms with E-state index in [2.05, 4.69) is 24.4 Å². The van der Waals surface area contributed by atoms with Crippen LogP contribution in [-0.2, 0) is 13.0 Å². The highest BCUT2D eigenvalue weighted by Gasteiger charge is 2.05. The molecule has 112 valence electrons. The average molecular weight is 287 g/mol. The van der Waals surface area contributed by atoms with E-state index in [-0.39, 0.29) is 5.82 Å². The van der Waals surface area contributed by atoms with Crippen LogP contribution in [0.5, 0.6) is 5.75 Å². The Balaban J connectivity index is 1.87. The van der Waals surface area contributed by atoms with Gasteiger partial charge in [-0.1, -0.05) is 24.3 Å². The predicted octanol–water partition coefficient (Wildman–Crippen LogP) is 3.86. The number of ether oxygens (including phenoxy) is 1. The van der Waals surface area contributed by atoms with Crippen LogP contribution < -0.4 is 10.1 Å². The van der Waals surface area contributed by atoms with Gasteiger partial charge in [0.25, 0.3) is 0 Å². The topological polar surface area (TPSA) is 21.3 Å². The molecule has 0 aliphatic heterocycles. The van der Waals surface area contributed by atoms with Gasteiger partial charge in [-0.05, 0) is 55.2 Å². The number of halogens is 1. The number of rotatable bonds is 6. The molecule has 21 heavy (non-hydrogen) atoms. The number of hydrogen-bond acceptors (Lipinski definition) is 2. The van der Waals surface area contributed by atoms with Crippen LogP contribution in [0.2, 0.25) is 0 Å². The minimum absolute atomic E-state index is 0.187. The molecule has 2 nitrogen and oxygen atoms in total. The van der Waals surface area contributed by atoms with Crippen molar-refractivity contribution in [2.45, 2.75) is 32.9 Å². The average Bonchev–Trinajstić information content (AvgIpc) is 2.48. The summed E-state index contributed by atoms with van der Waals surface area (Å²) in [5.41, 5.74) is 3.52. The Kier molecular flexibility index (Phi) is 5.34. The van der Waals surface area contributed by atoms with E-state index >= 15 is 0 Å². The van der Waals surface area contributed by atoms with Crippen molar-refractivity contribution < 1.29 is 9.13 Å². The van der Waals surface area contributed by atoms with E-state index < -0.39 is 0 Å². The second-order valence-electron chi connectivity index (χ2n) is 5.42. The summed E-state index contributed by atoms with van der Waals surface area (Å²) in [7, 11) is 1.69. The summed E-state index contributed by atoms with van der Waals surface area (Å²) < 4.78 is 18.1. The lowest BCUT2D eigenvalue weighted by molar-refractivity contribution is 0.411. The van der Waals surface area contributed by atoms with Crippen LogP contribution in [0.1, 0.15) is 23.6 Å². The molecular formula is C18H22FNO. The zero-order valence-corrected chi connectivity index (χ0v) is 12.8. The summed E-state index contributed by atoms with van der Waals surface area (Å²) in [6.45, 7) is 5.00. The van der Waals surface area contributed by atoms with Crippen molar-refractivity contribution in [3.63, 3.8) is 0 Å². The summed E-state index contributed by atoms with van der Waals surface area (Å²) in [6.07, 6.45) is 0.884. The van der Waals surface area contributed by atoms with Gasteiger partial charge in [-0.15, -0.1) is 0 Å². The smallest absolute Gasteiger partial charge is 0.123 e. The van der Waals surface area contributed by atoms with Gasteiger partial charge in [0.2, 0.25) is 0 Å². The highest BCUT2D eigenvalue weighted by Crippen LogP contribution is 2.18. The second kappa shape index (κ2) is 7.23. The lowest BCUT2D eigenvalue weighted by Gasteiger charge is -2.15. The molecule has 0 amide bonds. The predicted molar refractivity (Wildman–Crippen MR) is 84.1 cm³/mol. The van der Waals surface area contributed by atoms with Crippen molar-refractivity contribution in [3.05, 3.63) is 65.0 Å². The number of aryl methyl sites for hydroxylation is 1. The van der Waals surface area contributed by atoms with Crippen LogP contribution in [0.3, 0.4) is 0 Å². The summed E-state index contributed by atoms with van der Waals surface area (Å²) in [5.74, 6) is 0.728. The van der Waals surface area contributed by atoms with Gasteiger partial charge in [0.05, 0.1) is 7.11 Å². The van der Waals surface area contributed by atoms with Crippen LogP contribution in [0, 0.1) is 12.7 Å². The molecule has 0 aromatic heterocycles. The number of nitrogens with one attached hydrogen (secondary N) is 1. The van der Waals surface area contributed by atoms with E-state index in [0.29, 0.717) is 6.04 Å². The molecule has 0 heterocycles. The molecule has 0 saturated carbocycles. The Hall–Kier alpha value is -1.87. The number of hydrogen-bond donors (Lipinski definition) is 1. The van der Waals surface area contributed by atoms with Crippen LogP contribution in [0.15, 0.2) is 42.5 Å². The third-order valence-corrected chi connectivity index (χ3v) is 3.57. The Morgan fingerprint density at radius 1 is 1.10 bits per heavy atom. The van der Waals surface area contributed by atoms with Crippen molar-refractivity contribution in [1.29, 1.82) is 0 Å². The fourth-order valence-electron chi connectivity index (χ4n) is 2.39. The number of methoxy groups -OCH3 is 1. The molecule has 0 aliphatic carbocycles. The Labute approximate surface area is 126 Å². The van der Waals surface area contributed by atoms with Crippen molar-refractivity contribution in [2.75, 3.05) is 7.11 Å². The van der Waals surface area contributed by atoms with E-state index in [4.69, 9.17) is 4.74 Å². The monoisotopic (exact) mass is 287 g/mol. The molecule has 2 aromatic carbocycles. The first-order valence-corrected chi connectivity index (χ1v) is 7.20. The van der Waals surface area contributed by atoms with E-state index in [0.717, 1.165) is 29.8 Å². The van der Waals surface area contributed by atoms with Crippen LogP contribution in [0.4, 0.5) is 4.39 Å². The van der Waals surface area contributed by atoms with Crippen molar-refractivity contribution in [3.8, 4) is 5.75 Å². The van der Waals surface area contributed by atoms with Gasteiger partial charge in [0, 0.05) is 12.6 Å². The SMILES string of the molecule is COc1ccc(CNC(C)Cc2ccc(F)cc2)cc1C. The molecule has 3 heteroatoms. The summed E-state index contributed by atoms with van der Waals surface area (Å²) >= 11 is 0. The highest BCUT2D eigenvalue weighted by molar-refractivity contribution is 5.36. The van der Waals surface area contributed by atoms with E-state index in [9.17, 15) is 4.39 Å². The van der Waals surface area contributed by atoms with Gasteiger partial charge in [0.15, 0.2) is 0 Å². The lowest BCUT2D eigenvalue weighted by atomic mass is 10.1. The highest BCUT2D eigenvalue weighted by atomic mass is 19.1. The molecule has 1 atom stereocenters. The van der Waals surface area contributed by atoms with Gasteiger partial charge in [0.1, 0.15) is 11.6 Å². The van der Waals surface area contributed by atoms with Gasteiger partial charge in [-0.25, -0.2) is 4.39 Å². The molecule has 0 aliphatic rings. The Morgan fingerprint density at radius 2 is 1.76 bits per heavy atom.